The summed E-state index contributed by atoms with van der Waals surface area (Å²) in [5.74, 6) is -0.610. The van der Waals surface area contributed by atoms with E-state index in [1.807, 2.05) is 0 Å². The highest BCUT2D eigenvalue weighted by Gasteiger charge is 2.50. The van der Waals surface area contributed by atoms with Gasteiger partial charge < -0.3 is 4.18 Å². The number of aromatic nitrogens is 1. The van der Waals surface area contributed by atoms with Crippen molar-refractivity contribution >= 4 is 44.4 Å². The minimum Gasteiger partial charge on any atom is -0.374 e. The van der Waals surface area contributed by atoms with E-state index < -0.39 is 39.5 Å². The monoisotopic (exact) mass is 477 g/mol. The maximum Gasteiger partial charge on any atom is 0.534 e. The van der Waals surface area contributed by atoms with Crippen molar-refractivity contribution < 1.29 is 34.2 Å². The van der Waals surface area contributed by atoms with Crippen LogP contribution in [0, 0.1) is 0 Å². The Kier molecular flexibility index (Phi) is 5.32. The molecule has 12 heteroatoms. The Morgan fingerprint density at radius 1 is 0.867 bits per heavy atom. The van der Waals surface area contributed by atoms with Gasteiger partial charge in [0.1, 0.15) is 8.07 Å². The van der Waals surface area contributed by atoms with E-state index in [0.717, 1.165) is 3.97 Å². The standard InChI is InChI=1S/C18H18F3NO5S2Si/c1-30(2,3)17-16(27-29(25,26)18(19,20)21)14-11-7-8-12-15(14)22(17)28(23,24)13-9-5-4-6-10-13/h4-12H,1-3H3. The molecule has 0 atom stereocenters. The van der Waals surface area contributed by atoms with Crippen LogP contribution in [-0.2, 0) is 20.1 Å². The van der Waals surface area contributed by atoms with Gasteiger partial charge in [0.2, 0.25) is 0 Å². The molecule has 30 heavy (non-hydrogen) atoms. The molecule has 0 fully saturated rings. The predicted octanol–water partition coefficient (Wildman–Crippen LogP) is 3.65. The number of para-hydroxylation sites is 1. The molecule has 2 aromatic carbocycles. The largest absolute Gasteiger partial charge is 0.534 e. The normalized spacial score (nSPS) is 13.5. The Labute approximate surface area is 173 Å². The molecule has 1 aromatic heterocycles. The van der Waals surface area contributed by atoms with Gasteiger partial charge in [0.15, 0.2) is 5.75 Å². The molecule has 1 heterocycles. The Bertz CT molecular complexity index is 1310. The van der Waals surface area contributed by atoms with E-state index in [0.29, 0.717) is 0 Å². The van der Waals surface area contributed by atoms with Crippen molar-refractivity contribution in [3.63, 3.8) is 0 Å². The first-order chi connectivity index (χ1) is 13.7. The summed E-state index contributed by atoms with van der Waals surface area (Å²) in [6.45, 7) is 5.06. The average molecular weight is 478 g/mol. The lowest BCUT2D eigenvalue weighted by molar-refractivity contribution is -0.0499. The van der Waals surface area contributed by atoms with Crippen LogP contribution < -0.4 is 9.50 Å². The van der Waals surface area contributed by atoms with Gasteiger partial charge in [-0.25, -0.2) is 12.4 Å². The van der Waals surface area contributed by atoms with Crippen molar-refractivity contribution in [1.29, 1.82) is 0 Å². The summed E-state index contributed by atoms with van der Waals surface area (Å²) in [4.78, 5) is -0.0875. The summed E-state index contributed by atoms with van der Waals surface area (Å²) in [6, 6.07) is 13.0. The van der Waals surface area contributed by atoms with Gasteiger partial charge in [0, 0.05) is 5.39 Å². The van der Waals surface area contributed by atoms with E-state index >= 15 is 0 Å². The van der Waals surface area contributed by atoms with Crippen molar-refractivity contribution in [3.05, 3.63) is 54.6 Å². The molecule has 3 aromatic rings. The Hall–Kier alpha value is -2.31. The van der Waals surface area contributed by atoms with Crippen LogP contribution in [0.5, 0.6) is 5.75 Å². The molecule has 162 valence electrons. The number of alkyl halides is 3. The summed E-state index contributed by atoms with van der Waals surface area (Å²) >= 11 is 0. The van der Waals surface area contributed by atoms with Gasteiger partial charge in [0.05, 0.1) is 15.7 Å². The first-order valence-electron chi connectivity index (χ1n) is 8.63. The zero-order valence-corrected chi connectivity index (χ0v) is 18.8. The number of hydrogen-bond acceptors (Lipinski definition) is 5. The molecule has 3 rings (SSSR count). The van der Waals surface area contributed by atoms with Crippen LogP contribution in [0.2, 0.25) is 19.6 Å². The second-order valence-corrected chi connectivity index (χ2v) is 15.8. The van der Waals surface area contributed by atoms with Gasteiger partial charge in [-0.3, -0.25) is 0 Å². The van der Waals surface area contributed by atoms with Crippen molar-refractivity contribution in [2.45, 2.75) is 30.0 Å². The highest BCUT2D eigenvalue weighted by atomic mass is 32.2. The molecule has 0 aliphatic heterocycles. The van der Waals surface area contributed by atoms with Crippen molar-refractivity contribution in [1.82, 2.24) is 3.97 Å². The number of rotatable bonds is 5. The Balaban J connectivity index is 2.46. The molecule has 0 spiro atoms. The van der Waals surface area contributed by atoms with Crippen molar-refractivity contribution in [2.24, 2.45) is 0 Å². The van der Waals surface area contributed by atoms with Crippen LogP contribution >= 0.6 is 0 Å². The Morgan fingerprint density at radius 2 is 1.40 bits per heavy atom. The third-order valence-corrected chi connectivity index (χ3v) is 8.97. The number of nitrogens with zero attached hydrogens (tertiary/aromatic N) is 1. The SMILES string of the molecule is C[Si](C)(C)c1c(OS(=O)(=O)C(F)(F)F)c2ccccc2n1S(=O)(=O)c1ccccc1. The molecule has 0 radical (unpaired) electrons. The van der Waals surface area contributed by atoms with Crippen LogP contribution in [0.4, 0.5) is 13.2 Å². The van der Waals surface area contributed by atoms with Gasteiger partial charge >= 0.3 is 15.6 Å². The molecular formula is C18H18F3NO5S2Si. The molecule has 0 amide bonds. The zero-order chi connectivity index (χ0) is 22.5. The van der Waals surface area contributed by atoms with Crippen LogP contribution in [0.3, 0.4) is 0 Å². The highest BCUT2D eigenvalue weighted by Crippen LogP contribution is 2.35. The molecule has 0 N–H and O–H groups in total. The van der Waals surface area contributed by atoms with E-state index in [-0.39, 0.29) is 21.1 Å². The van der Waals surface area contributed by atoms with Gasteiger partial charge in [-0.1, -0.05) is 50.0 Å². The second-order valence-electron chi connectivity index (χ2n) is 7.51. The second kappa shape index (κ2) is 7.13. The van der Waals surface area contributed by atoms with Crippen molar-refractivity contribution in [2.75, 3.05) is 0 Å². The third-order valence-electron chi connectivity index (χ3n) is 4.25. The first-order valence-corrected chi connectivity index (χ1v) is 15.0. The molecule has 6 nitrogen and oxygen atoms in total. The van der Waals surface area contributed by atoms with Crippen LogP contribution in [0.1, 0.15) is 0 Å². The number of halogens is 3. The maximum absolute atomic E-state index is 13.4. The molecular weight excluding hydrogens is 459 g/mol. The summed E-state index contributed by atoms with van der Waals surface area (Å²) < 4.78 is 95.0. The first kappa shape index (κ1) is 22.4. The third kappa shape index (κ3) is 3.74. The number of fused-ring (bicyclic) bond motifs is 1. The average Bonchev–Trinajstić information content (AvgIpc) is 2.96. The predicted molar refractivity (Wildman–Crippen MR) is 110 cm³/mol. The topological polar surface area (TPSA) is 82.4 Å². The minimum absolute atomic E-state index is 0.0335. The van der Waals surface area contributed by atoms with E-state index in [1.165, 1.54) is 48.5 Å². The van der Waals surface area contributed by atoms with Gasteiger partial charge in [-0.05, 0) is 24.3 Å². The lowest BCUT2D eigenvalue weighted by atomic mass is 10.2. The van der Waals surface area contributed by atoms with Gasteiger partial charge in [-0.2, -0.15) is 21.6 Å². The maximum atomic E-state index is 13.4. The lowest BCUT2D eigenvalue weighted by Crippen LogP contribution is -2.46. The quantitative estimate of drug-likeness (QED) is 0.318. The van der Waals surface area contributed by atoms with Gasteiger partial charge in [0.25, 0.3) is 10.0 Å². The smallest absolute Gasteiger partial charge is 0.374 e. The minimum atomic E-state index is -6.01. The number of hydrogen-bond donors (Lipinski definition) is 0. The molecule has 0 bridgehead atoms. The van der Waals surface area contributed by atoms with E-state index in [1.54, 1.807) is 25.7 Å². The lowest BCUT2D eigenvalue weighted by Gasteiger charge is -2.22. The van der Waals surface area contributed by atoms with Crippen LogP contribution in [0.15, 0.2) is 59.5 Å². The van der Waals surface area contributed by atoms with Gasteiger partial charge in [-0.15, -0.1) is 0 Å². The number of benzene rings is 2. The highest BCUT2D eigenvalue weighted by molar-refractivity contribution is 7.90. The fourth-order valence-corrected chi connectivity index (χ4v) is 7.81. The van der Waals surface area contributed by atoms with Crippen LogP contribution in [-0.4, -0.2) is 34.4 Å². The van der Waals surface area contributed by atoms with E-state index in [9.17, 15) is 30.0 Å². The fourth-order valence-electron chi connectivity index (χ4n) is 3.02. The summed E-state index contributed by atoms with van der Waals surface area (Å²) in [7, 11) is -13.0. The van der Waals surface area contributed by atoms with Crippen LogP contribution in [0.25, 0.3) is 10.9 Å². The van der Waals surface area contributed by atoms with Crippen molar-refractivity contribution in [3.8, 4) is 5.75 Å². The Morgan fingerprint density at radius 3 is 1.93 bits per heavy atom. The fraction of sp³-hybridized carbons (Fsp3) is 0.222. The summed E-state index contributed by atoms with van der Waals surface area (Å²) in [6.07, 6.45) is 0. The summed E-state index contributed by atoms with van der Waals surface area (Å²) in [5, 5.41) is -0.123. The molecule has 0 saturated carbocycles. The molecule has 0 unspecified atom stereocenters. The zero-order valence-electron chi connectivity index (χ0n) is 16.1. The molecule has 0 aliphatic rings. The van der Waals surface area contributed by atoms with E-state index in [4.69, 9.17) is 0 Å². The molecule has 0 saturated heterocycles. The van der Waals surface area contributed by atoms with E-state index in [2.05, 4.69) is 4.18 Å². The summed E-state index contributed by atoms with van der Waals surface area (Å²) in [5.41, 5.74) is -5.63. The molecule has 0 aliphatic carbocycles.